The summed E-state index contributed by atoms with van der Waals surface area (Å²) in [5, 5.41) is 30.7. The van der Waals surface area contributed by atoms with Crippen molar-refractivity contribution in [2.75, 3.05) is 0 Å². The molecule has 3 N–H and O–H groups in total. The molecule has 0 radical (unpaired) electrons. The highest BCUT2D eigenvalue weighted by Gasteiger charge is 2.43. The van der Waals surface area contributed by atoms with Gasteiger partial charge in [0.25, 0.3) is 0 Å². The van der Waals surface area contributed by atoms with Crippen LogP contribution in [0.3, 0.4) is 0 Å². The second kappa shape index (κ2) is 6.49. The molecule has 0 aromatic heterocycles. The van der Waals surface area contributed by atoms with E-state index in [0.29, 0.717) is 5.56 Å². The molecule has 1 aliphatic heterocycles. The lowest BCUT2D eigenvalue weighted by molar-refractivity contribution is -0.132. The molecule has 134 valence electrons. The third kappa shape index (κ3) is 2.66. The van der Waals surface area contributed by atoms with E-state index < -0.39 is 58.1 Å². The second-order valence-corrected chi connectivity index (χ2v) is 5.61. The Hall–Kier alpha value is -3.39. The number of fused-ring (bicyclic) bond motifs is 1. The molecule has 0 fully saturated rings. The highest BCUT2D eigenvalue weighted by molar-refractivity contribution is 6.09. The van der Waals surface area contributed by atoms with E-state index in [1.54, 1.807) is 30.3 Å². The summed E-state index contributed by atoms with van der Waals surface area (Å²) >= 11 is 0. The average molecular weight is 358 g/mol. The minimum absolute atomic E-state index is 0.0981. The maximum Gasteiger partial charge on any atom is 0.308 e. The predicted octanol–water partition coefficient (Wildman–Crippen LogP) is 1.51. The summed E-state index contributed by atoms with van der Waals surface area (Å²) in [7, 11) is 0. The van der Waals surface area contributed by atoms with Crippen LogP contribution < -0.4 is 9.47 Å². The number of esters is 1. The lowest BCUT2D eigenvalue weighted by atomic mass is 9.91. The van der Waals surface area contributed by atoms with Gasteiger partial charge in [-0.3, -0.25) is 14.4 Å². The van der Waals surface area contributed by atoms with Gasteiger partial charge in [-0.1, -0.05) is 30.3 Å². The van der Waals surface area contributed by atoms with Gasteiger partial charge in [-0.05, 0) is 5.56 Å². The van der Waals surface area contributed by atoms with Crippen LogP contribution in [0.2, 0.25) is 0 Å². The van der Waals surface area contributed by atoms with Gasteiger partial charge < -0.3 is 24.8 Å². The lowest BCUT2D eigenvalue weighted by Gasteiger charge is -2.31. The van der Waals surface area contributed by atoms with Crippen LogP contribution in [0.1, 0.15) is 39.3 Å². The minimum atomic E-state index is -1.68. The number of ether oxygens (including phenoxy) is 2. The minimum Gasteiger partial charge on any atom is -0.506 e. The molecule has 3 rings (SSSR count). The Morgan fingerprint density at radius 2 is 1.85 bits per heavy atom. The summed E-state index contributed by atoms with van der Waals surface area (Å²) in [5.74, 6) is -4.49. The Kier molecular flexibility index (Phi) is 4.35. The molecule has 0 amide bonds. The van der Waals surface area contributed by atoms with Gasteiger partial charge in [-0.25, -0.2) is 0 Å². The Balaban J connectivity index is 2.25. The SMILES string of the molecule is CC(=O)Oc1c(O)c(C=O)c(O)c2c1OC(c1ccccc1)C(O)C2=O. The topological polar surface area (TPSA) is 130 Å². The number of carbonyl (C=O) groups excluding carboxylic acids is 3. The van der Waals surface area contributed by atoms with Gasteiger partial charge in [0.2, 0.25) is 11.5 Å². The van der Waals surface area contributed by atoms with Gasteiger partial charge in [-0.15, -0.1) is 0 Å². The summed E-state index contributed by atoms with van der Waals surface area (Å²) in [6, 6.07) is 8.28. The number of aldehydes is 1. The molecule has 1 aliphatic rings. The summed E-state index contributed by atoms with van der Waals surface area (Å²) in [6.07, 6.45) is -2.74. The molecular weight excluding hydrogens is 344 g/mol. The van der Waals surface area contributed by atoms with E-state index in [-0.39, 0.29) is 6.29 Å². The number of aliphatic hydroxyl groups excluding tert-OH is 1. The largest absolute Gasteiger partial charge is 0.506 e. The Labute approximate surface area is 147 Å². The van der Waals surface area contributed by atoms with Gasteiger partial charge >= 0.3 is 5.97 Å². The van der Waals surface area contributed by atoms with Crippen LogP contribution in [0.15, 0.2) is 30.3 Å². The quantitative estimate of drug-likeness (QED) is 0.428. The number of hydrogen-bond donors (Lipinski definition) is 3. The van der Waals surface area contributed by atoms with Crippen LogP contribution in [0.4, 0.5) is 0 Å². The Morgan fingerprint density at radius 1 is 1.19 bits per heavy atom. The number of hydrogen-bond acceptors (Lipinski definition) is 8. The van der Waals surface area contributed by atoms with Crippen LogP contribution in [0.25, 0.3) is 0 Å². The van der Waals surface area contributed by atoms with Crippen molar-refractivity contribution in [1.82, 2.24) is 0 Å². The van der Waals surface area contributed by atoms with E-state index in [9.17, 15) is 29.7 Å². The number of ketones is 1. The molecule has 2 unspecified atom stereocenters. The number of rotatable bonds is 3. The van der Waals surface area contributed by atoms with Gasteiger partial charge in [0, 0.05) is 6.92 Å². The van der Waals surface area contributed by atoms with Crippen LogP contribution >= 0.6 is 0 Å². The summed E-state index contributed by atoms with van der Waals surface area (Å²) < 4.78 is 10.5. The molecule has 0 bridgehead atoms. The van der Waals surface area contributed by atoms with Crippen molar-refractivity contribution in [2.24, 2.45) is 0 Å². The van der Waals surface area contributed by atoms with E-state index in [2.05, 4.69) is 0 Å². The van der Waals surface area contributed by atoms with Crippen molar-refractivity contribution in [3.63, 3.8) is 0 Å². The summed E-state index contributed by atoms with van der Waals surface area (Å²) in [4.78, 5) is 35.1. The van der Waals surface area contributed by atoms with Crippen molar-refractivity contribution < 1.29 is 39.2 Å². The first kappa shape index (κ1) is 17.4. The Bertz CT molecular complexity index is 903. The molecule has 26 heavy (non-hydrogen) atoms. The van der Waals surface area contributed by atoms with E-state index >= 15 is 0 Å². The molecular formula is C18H14O8. The molecule has 8 heteroatoms. The van der Waals surface area contributed by atoms with Crippen LogP contribution in [-0.2, 0) is 4.79 Å². The maximum absolute atomic E-state index is 12.6. The highest BCUT2D eigenvalue weighted by atomic mass is 16.6. The number of benzene rings is 2. The monoisotopic (exact) mass is 358 g/mol. The van der Waals surface area contributed by atoms with Crippen LogP contribution in [0, 0.1) is 0 Å². The predicted molar refractivity (Wildman–Crippen MR) is 86.6 cm³/mol. The normalized spacial score (nSPS) is 18.6. The number of aromatic hydroxyl groups is 2. The number of phenols is 2. The fourth-order valence-corrected chi connectivity index (χ4v) is 2.76. The summed E-state index contributed by atoms with van der Waals surface area (Å²) in [6.45, 7) is 1.05. The first-order valence-electron chi connectivity index (χ1n) is 7.56. The third-order valence-electron chi connectivity index (χ3n) is 3.93. The highest BCUT2D eigenvalue weighted by Crippen LogP contribution is 2.51. The zero-order chi connectivity index (χ0) is 19.0. The van der Waals surface area contributed by atoms with E-state index in [0.717, 1.165) is 6.92 Å². The third-order valence-corrected chi connectivity index (χ3v) is 3.93. The fourth-order valence-electron chi connectivity index (χ4n) is 2.76. The van der Waals surface area contributed by atoms with E-state index in [4.69, 9.17) is 9.47 Å². The molecule has 0 saturated carbocycles. The van der Waals surface area contributed by atoms with Crippen molar-refractivity contribution in [1.29, 1.82) is 0 Å². The number of carbonyl (C=O) groups is 3. The van der Waals surface area contributed by atoms with Gasteiger partial charge in [0.15, 0.2) is 30.0 Å². The number of phenolic OH excluding ortho intramolecular Hbond substituents is 2. The summed E-state index contributed by atoms with van der Waals surface area (Å²) in [5.41, 5.74) is -0.741. The zero-order valence-electron chi connectivity index (χ0n) is 13.5. The molecule has 2 aromatic carbocycles. The maximum atomic E-state index is 12.6. The number of Topliss-reactive ketones (excluding diaryl/α,β-unsaturated/α-hetero) is 1. The van der Waals surface area contributed by atoms with E-state index in [1.807, 2.05) is 0 Å². The molecule has 2 aromatic rings. The van der Waals surface area contributed by atoms with Gasteiger partial charge in [0.1, 0.15) is 16.9 Å². The van der Waals surface area contributed by atoms with E-state index in [1.165, 1.54) is 0 Å². The zero-order valence-corrected chi connectivity index (χ0v) is 13.5. The van der Waals surface area contributed by atoms with Gasteiger partial charge in [-0.2, -0.15) is 0 Å². The van der Waals surface area contributed by atoms with Crippen LogP contribution in [-0.4, -0.2) is 39.5 Å². The molecule has 0 spiro atoms. The Morgan fingerprint density at radius 3 is 2.42 bits per heavy atom. The second-order valence-electron chi connectivity index (χ2n) is 5.61. The van der Waals surface area contributed by atoms with Crippen molar-refractivity contribution in [3.8, 4) is 23.0 Å². The standard InChI is InChI=1S/C18H14O8/c1-8(20)25-18-13(22)10(7-19)12(21)11-14(23)15(24)16(26-17(11)18)9-5-3-2-4-6-9/h2-7,15-16,21-22,24H,1H3. The smallest absolute Gasteiger partial charge is 0.308 e. The lowest BCUT2D eigenvalue weighted by Crippen LogP contribution is -2.36. The van der Waals surface area contributed by atoms with Crippen molar-refractivity contribution >= 4 is 18.0 Å². The van der Waals surface area contributed by atoms with Crippen molar-refractivity contribution in [2.45, 2.75) is 19.1 Å². The number of aliphatic hydroxyl groups is 1. The molecule has 0 saturated heterocycles. The van der Waals surface area contributed by atoms with Crippen LogP contribution in [0.5, 0.6) is 23.0 Å². The molecule has 2 atom stereocenters. The van der Waals surface area contributed by atoms with Crippen molar-refractivity contribution in [3.05, 3.63) is 47.0 Å². The molecule has 1 heterocycles. The first-order chi connectivity index (χ1) is 12.4. The molecule has 0 aliphatic carbocycles. The first-order valence-corrected chi connectivity index (χ1v) is 7.56. The average Bonchev–Trinajstić information content (AvgIpc) is 2.62. The van der Waals surface area contributed by atoms with Gasteiger partial charge in [0.05, 0.1) is 0 Å². The molecule has 8 nitrogen and oxygen atoms in total. The fraction of sp³-hybridized carbons (Fsp3) is 0.167.